The lowest BCUT2D eigenvalue weighted by Gasteiger charge is -2.24. The number of H-pyrrole nitrogens is 2. The number of anilines is 2. The third-order valence-electron chi connectivity index (χ3n) is 7.98. The number of benzene rings is 4. The van der Waals surface area contributed by atoms with Crippen molar-refractivity contribution < 1.29 is 14.2 Å². The summed E-state index contributed by atoms with van der Waals surface area (Å²) in [4.78, 5) is 33.1. The molecule has 0 saturated carbocycles. The number of fused-ring (bicyclic) bond motifs is 2. The predicted molar refractivity (Wildman–Crippen MR) is 196 cm³/mol. The van der Waals surface area contributed by atoms with Crippen LogP contribution < -0.4 is 21.3 Å². The van der Waals surface area contributed by atoms with E-state index in [1.54, 1.807) is 21.3 Å². The van der Waals surface area contributed by atoms with Gasteiger partial charge in [-0.1, -0.05) is 72.8 Å². The number of hydrogen-bond donors (Lipinski definition) is 3. The van der Waals surface area contributed by atoms with Crippen LogP contribution in [0.1, 0.15) is 0 Å². The van der Waals surface area contributed by atoms with Crippen LogP contribution in [0.4, 0.5) is 11.4 Å². The van der Waals surface area contributed by atoms with E-state index in [1.165, 1.54) is 0 Å². The molecular weight excluding hydrogens is 604 g/mol. The molecule has 9 heteroatoms. The van der Waals surface area contributed by atoms with Crippen LogP contribution in [0, 0.1) is 0 Å². The van der Waals surface area contributed by atoms with E-state index in [0.717, 1.165) is 57.8 Å². The van der Waals surface area contributed by atoms with Gasteiger partial charge in [-0.3, -0.25) is 9.59 Å². The van der Waals surface area contributed by atoms with Crippen LogP contribution in [-0.4, -0.2) is 70.8 Å². The van der Waals surface area contributed by atoms with E-state index in [4.69, 9.17) is 14.2 Å². The van der Waals surface area contributed by atoms with E-state index in [1.807, 2.05) is 109 Å². The van der Waals surface area contributed by atoms with Gasteiger partial charge in [-0.05, 0) is 58.3 Å². The second kappa shape index (κ2) is 17.1. The van der Waals surface area contributed by atoms with E-state index >= 15 is 0 Å². The summed E-state index contributed by atoms with van der Waals surface area (Å²) in [6, 6.07) is 35.5. The SMILES string of the molecule is COCCN(CCOC)c1ccc2cc(-c3ccccc3)[nH]c(=O)c2c1.COCCNc1ccc2cc(-c3ccccc3)[nH]c(=O)c2c1. The fraction of sp³-hybridized carbons (Fsp3) is 0.231. The smallest absolute Gasteiger partial charge is 0.256 e. The minimum Gasteiger partial charge on any atom is -0.383 e. The summed E-state index contributed by atoms with van der Waals surface area (Å²) in [5, 5.41) is 6.45. The predicted octanol–water partition coefficient (Wildman–Crippen LogP) is 6.55. The molecule has 2 heterocycles. The Kier molecular flexibility index (Phi) is 12.1. The quantitative estimate of drug-likeness (QED) is 0.122. The molecule has 6 aromatic rings. The zero-order valence-electron chi connectivity index (χ0n) is 27.6. The maximum Gasteiger partial charge on any atom is 0.256 e. The Bertz CT molecular complexity index is 2020. The third-order valence-corrected chi connectivity index (χ3v) is 7.98. The van der Waals surface area contributed by atoms with E-state index < -0.39 is 0 Å². The molecule has 2 aromatic heterocycles. The summed E-state index contributed by atoms with van der Waals surface area (Å²) >= 11 is 0. The Labute approximate surface area is 280 Å². The fourth-order valence-electron chi connectivity index (χ4n) is 5.43. The Balaban J connectivity index is 0.000000190. The van der Waals surface area contributed by atoms with Gasteiger partial charge in [0.2, 0.25) is 0 Å². The van der Waals surface area contributed by atoms with Gasteiger partial charge in [0.05, 0.1) is 19.8 Å². The molecule has 0 saturated heterocycles. The van der Waals surface area contributed by atoms with Gasteiger partial charge < -0.3 is 34.4 Å². The van der Waals surface area contributed by atoms with Crippen molar-refractivity contribution in [1.29, 1.82) is 0 Å². The first kappa shape index (κ1) is 34.1. The van der Waals surface area contributed by atoms with Gasteiger partial charge in [0.15, 0.2) is 0 Å². The number of aromatic amines is 2. The molecule has 0 aliphatic rings. The maximum absolute atomic E-state index is 12.7. The minimum atomic E-state index is -0.0818. The van der Waals surface area contributed by atoms with Gasteiger partial charge in [0.1, 0.15) is 0 Å². The van der Waals surface area contributed by atoms with Crippen molar-refractivity contribution in [2.45, 2.75) is 0 Å². The molecule has 0 aliphatic carbocycles. The highest BCUT2D eigenvalue weighted by Crippen LogP contribution is 2.24. The van der Waals surface area contributed by atoms with Crippen LogP contribution in [0.25, 0.3) is 44.1 Å². The Morgan fingerprint density at radius 3 is 1.60 bits per heavy atom. The van der Waals surface area contributed by atoms with Crippen molar-refractivity contribution in [3.8, 4) is 22.5 Å². The first-order valence-corrected chi connectivity index (χ1v) is 15.9. The zero-order valence-corrected chi connectivity index (χ0v) is 27.6. The van der Waals surface area contributed by atoms with Gasteiger partial charge in [-0.25, -0.2) is 0 Å². The maximum atomic E-state index is 12.7. The first-order valence-electron chi connectivity index (χ1n) is 15.9. The van der Waals surface area contributed by atoms with E-state index in [9.17, 15) is 9.59 Å². The first-order chi connectivity index (χ1) is 23.5. The van der Waals surface area contributed by atoms with Crippen LogP contribution in [0.2, 0.25) is 0 Å². The number of nitrogens with zero attached hydrogens (tertiary/aromatic N) is 1. The largest absolute Gasteiger partial charge is 0.383 e. The summed E-state index contributed by atoms with van der Waals surface area (Å²) < 4.78 is 15.4. The standard InChI is InChI=1S/C21H24N2O3.C18H18N2O2/c1-25-12-10-23(11-13-26-2)18-9-8-17-14-20(16-6-4-3-5-7-16)22-21(24)19(17)15-18;1-22-10-9-19-15-8-7-14-11-17(13-5-3-2-4-6-13)20-18(21)16(14)12-15/h3-9,14-15H,10-13H2,1-2H3,(H,22,24);2-8,11-12,19H,9-10H2,1H3,(H,20,21). The number of pyridine rings is 2. The summed E-state index contributed by atoms with van der Waals surface area (Å²) in [5.41, 5.74) is 5.41. The fourth-order valence-corrected chi connectivity index (χ4v) is 5.43. The molecule has 0 unspecified atom stereocenters. The van der Waals surface area contributed by atoms with Crippen molar-refractivity contribution in [2.24, 2.45) is 0 Å². The summed E-state index contributed by atoms with van der Waals surface area (Å²) in [7, 11) is 5.04. The molecule has 3 N–H and O–H groups in total. The molecule has 0 fully saturated rings. The van der Waals surface area contributed by atoms with Crippen molar-refractivity contribution in [3.05, 3.63) is 130 Å². The molecular formula is C39H42N4O5. The molecule has 4 aromatic carbocycles. The van der Waals surface area contributed by atoms with Gasteiger partial charge in [-0.15, -0.1) is 0 Å². The number of nitrogens with one attached hydrogen (secondary N) is 3. The second-order valence-corrected chi connectivity index (χ2v) is 11.2. The van der Waals surface area contributed by atoms with Crippen molar-refractivity contribution >= 4 is 32.9 Å². The van der Waals surface area contributed by atoms with Crippen LogP contribution in [0.5, 0.6) is 0 Å². The minimum absolute atomic E-state index is 0.0771. The Hall–Kier alpha value is -5.22. The zero-order chi connectivity index (χ0) is 33.7. The van der Waals surface area contributed by atoms with Gasteiger partial charge in [-0.2, -0.15) is 0 Å². The average molecular weight is 647 g/mol. The van der Waals surface area contributed by atoms with E-state index in [-0.39, 0.29) is 11.1 Å². The molecule has 0 spiro atoms. The Morgan fingerprint density at radius 1 is 0.583 bits per heavy atom. The Morgan fingerprint density at radius 2 is 1.08 bits per heavy atom. The van der Waals surface area contributed by atoms with Crippen molar-refractivity contribution in [2.75, 3.05) is 71.0 Å². The third kappa shape index (κ3) is 8.77. The molecule has 248 valence electrons. The van der Waals surface area contributed by atoms with Crippen LogP contribution >= 0.6 is 0 Å². The van der Waals surface area contributed by atoms with Gasteiger partial charge in [0, 0.05) is 74.5 Å². The van der Waals surface area contributed by atoms with Crippen LogP contribution in [-0.2, 0) is 14.2 Å². The lowest BCUT2D eigenvalue weighted by Crippen LogP contribution is -2.30. The number of rotatable bonds is 13. The van der Waals surface area contributed by atoms with Gasteiger partial charge in [0.25, 0.3) is 11.1 Å². The molecule has 0 amide bonds. The highest BCUT2D eigenvalue weighted by molar-refractivity contribution is 5.89. The molecule has 0 radical (unpaired) electrons. The monoisotopic (exact) mass is 646 g/mol. The number of hydrogen-bond acceptors (Lipinski definition) is 7. The highest BCUT2D eigenvalue weighted by Gasteiger charge is 2.10. The number of ether oxygens (including phenoxy) is 3. The molecule has 0 aliphatic heterocycles. The topological polar surface area (TPSA) is 109 Å². The molecule has 48 heavy (non-hydrogen) atoms. The number of methoxy groups -OCH3 is 3. The summed E-state index contributed by atoms with van der Waals surface area (Å²) in [5.74, 6) is 0. The van der Waals surface area contributed by atoms with Crippen LogP contribution in [0.15, 0.2) is 119 Å². The molecule has 0 bridgehead atoms. The number of aromatic nitrogens is 2. The highest BCUT2D eigenvalue weighted by atomic mass is 16.5. The van der Waals surface area contributed by atoms with Crippen molar-refractivity contribution in [3.63, 3.8) is 0 Å². The summed E-state index contributed by atoms with van der Waals surface area (Å²) in [6.07, 6.45) is 0. The van der Waals surface area contributed by atoms with Gasteiger partial charge >= 0.3 is 0 Å². The normalized spacial score (nSPS) is 10.9. The van der Waals surface area contributed by atoms with E-state index in [0.29, 0.717) is 37.1 Å². The lowest BCUT2D eigenvalue weighted by molar-refractivity contribution is 0.190. The summed E-state index contributed by atoms with van der Waals surface area (Å²) in [6.45, 7) is 4.05. The average Bonchev–Trinajstić information content (AvgIpc) is 3.13. The molecule has 6 rings (SSSR count). The molecule has 0 atom stereocenters. The van der Waals surface area contributed by atoms with Crippen LogP contribution in [0.3, 0.4) is 0 Å². The lowest BCUT2D eigenvalue weighted by atomic mass is 10.1. The molecule has 9 nitrogen and oxygen atoms in total. The second-order valence-electron chi connectivity index (χ2n) is 11.2. The van der Waals surface area contributed by atoms with Crippen molar-refractivity contribution in [1.82, 2.24) is 9.97 Å². The van der Waals surface area contributed by atoms with E-state index in [2.05, 4.69) is 20.2 Å².